The standard InChI is InChI=1S/C13H19N3O/c1-16(12-8-4-5-9-14-12)13(17)10-15-11-6-2-3-7-11/h4-5,8-9,11,15H,2-3,6-7,10H2,1H3. The van der Waals surface area contributed by atoms with Gasteiger partial charge in [0.15, 0.2) is 0 Å². The Morgan fingerprint density at radius 1 is 1.47 bits per heavy atom. The highest BCUT2D eigenvalue weighted by atomic mass is 16.2. The topological polar surface area (TPSA) is 45.2 Å². The van der Waals surface area contributed by atoms with Crippen molar-refractivity contribution in [1.29, 1.82) is 0 Å². The van der Waals surface area contributed by atoms with Gasteiger partial charge in [-0.2, -0.15) is 0 Å². The van der Waals surface area contributed by atoms with Gasteiger partial charge in [-0.1, -0.05) is 18.9 Å². The highest BCUT2D eigenvalue weighted by Gasteiger charge is 2.17. The number of likely N-dealkylation sites (N-methyl/N-ethyl adjacent to an activating group) is 1. The van der Waals surface area contributed by atoms with Gasteiger partial charge in [0.2, 0.25) is 5.91 Å². The van der Waals surface area contributed by atoms with Gasteiger partial charge in [-0.3, -0.25) is 9.69 Å². The van der Waals surface area contributed by atoms with Crippen molar-refractivity contribution < 1.29 is 4.79 Å². The first kappa shape index (κ1) is 12.0. The molecule has 1 fully saturated rings. The molecule has 1 N–H and O–H groups in total. The lowest BCUT2D eigenvalue weighted by Gasteiger charge is -2.18. The average Bonchev–Trinajstić information content (AvgIpc) is 2.89. The molecule has 0 aliphatic heterocycles. The third-order valence-corrected chi connectivity index (χ3v) is 3.26. The van der Waals surface area contributed by atoms with E-state index >= 15 is 0 Å². The third kappa shape index (κ3) is 3.27. The fourth-order valence-electron chi connectivity index (χ4n) is 2.16. The van der Waals surface area contributed by atoms with E-state index in [1.165, 1.54) is 25.7 Å². The molecule has 1 saturated carbocycles. The third-order valence-electron chi connectivity index (χ3n) is 3.26. The highest BCUT2D eigenvalue weighted by Crippen LogP contribution is 2.17. The van der Waals surface area contributed by atoms with E-state index < -0.39 is 0 Å². The van der Waals surface area contributed by atoms with Gasteiger partial charge in [-0.05, 0) is 25.0 Å². The maximum Gasteiger partial charge on any atom is 0.241 e. The van der Waals surface area contributed by atoms with Gasteiger partial charge in [0, 0.05) is 19.3 Å². The van der Waals surface area contributed by atoms with Gasteiger partial charge in [-0.25, -0.2) is 4.98 Å². The molecule has 0 saturated heterocycles. The maximum atomic E-state index is 11.9. The smallest absolute Gasteiger partial charge is 0.241 e. The van der Waals surface area contributed by atoms with Crippen molar-refractivity contribution in [3.05, 3.63) is 24.4 Å². The minimum atomic E-state index is 0.0654. The zero-order valence-electron chi connectivity index (χ0n) is 10.2. The van der Waals surface area contributed by atoms with E-state index in [9.17, 15) is 4.79 Å². The van der Waals surface area contributed by atoms with Gasteiger partial charge in [0.05, 0.1) is 6.54 Å². The van der Waals surface area contributed by atoms with Crippen LogP contribution < -0.4 is 10.2 Å². The minimum Gasteiger partial charge on any atom is -0.306 e. The Balaban J connectivity index is 1.83. The number of hydrogen-bond donors (Lipinski definition) is 1. The van der Waals surface area contributed by atoms with Crippen LogP contribution >= 0.6 is 0 Å². The Kier molecular flexibility index (Phi) is 4.09. The SMILES string of the molecule is CN(C(=O)CNC1CCCC1)c1ccccn1. The quantitative estimate of drug-likeness (QED) is 0.858. The first-order valence-electron chi connectivity index (χ1n) is 6.18. The number of hydrogen-bond acceptors (Lipinski definition) is 3. The first-order chi connectivity index (χ1) is 8.27. The number of anilines is 1. The fraction of sp³-hybridized carbons (Fsp3) is 0.538. The highest BCUT2D eigenvalue weighted by molar-refractivity contribution is 5.93. The number of carbonyl (C=O) groups is 1. The molecule has 0 spiro atoms. The van der Waals surface area contributed by atoms with Crippen LogP contribution in [0.1, 0.15) is 25.7 Å². The van der Waals surface area contributed by atoms with E-state index in [-0.39, 0.29) is 5.91 Å². The molecule has 1 aliphatic carbocycles. The molecule has 2 rings (SSSR count). The van der Waals surface area contributed by atoms with Crippen LogP contribution in [0.2, 0.25) is 0 Å². The van der Waals surface area contributed by atoms with Crippen LogP contribution in [0, 0.1) is 0 Å². The van der Waals surface area contributed by atoms with Gasteiger partial charge in [0.1, 0.15) is 5.82 Å². The average molecular weight is 233 g/mol. The van der Waals surface area contributed by atoms with Gasteiger partial charge in [-0.15, -0.1) is 0 Å². The summed E-state index contributed by atoms with van der Waals surface area (Å²) in [6, 6.07) is 6.10. The van der Waals surface area contributed by atoms with E-state index in [1.807, 2.05) is 18.2 Å². The van der Waals surface area contributed by atoms with Crippen LogP contribution in [0.25, 0.3) is 0 Å². The van der Waals surface area contributed by atoms with E-state index in [1.54, 1.807) is 18.1 Å². The van der Waals surface area contributed by atoms with E-state index in [4.69, 9.17) is 0 Å². The molecule has 0 bridgehead atoms. The molecular weight excluding hydrogens is 214 g/mol. The number of rotatable bonds is 4. The lowest BCUT2D eigenvalue weighted by Crippen LogP contribution is -2.39. The molecule has 17 heavy (non-hydrogen) atoms. The number of aromatic nitrogens is 1. The Bertz CT molecular complexity index is 360. The summed E-state index contributed by atoms with van der Waals surface area (Å²) in [5, 5.41) is 3.31. The second-order valence-electron chi connectivity index (χ2n) is 4.50. The van der Waals surface area contributed by atoms with E-state index in [0.717, 1.165) is 0 Å². The van der Waals surface area contributed by atoms with Crippen LogP contribution in [0.3, 0.4) is 0 Å². The lowest BCUT2D eigenvalue weighted by atomic mass is 10.2. The number of nitrogens with zero attached hydrogens (tertiary/aromatic N) is 2. The number of amides is 1. The first-order valence-corrected chi connectivity index (χ1v) is 6.18. The minimum absolute atomic E-state index is 0.0654. The second-order valence-corrected chi connectivity index (χ2v) is 4.50. The Morgan fingerprint density at radius 3 is 2.88 bits per heavy atom. The lowest BCUT2D eigenvalue weighted by molar-refractivity contribution is -0.117. The van der Waals surface area contributed by atoms with Crippen LogP contribution in [0.5, 0.6) is 0 Å². The van der Waals surface area contributed by atoms with Crippen molar-refractivity contribution in [2.45, 2.75) is 31.7 Å². The van der Waals surface area contributed by atoms with Crippen molar-refractivity contribution in [3.63, 3.8) is 0 Å². The van der Waals surface area contributed by atoms with Crippen LogP contribution in [-0.2, 0) is 4.79 Å². The molecule has 0 radical (unpaired) electrons. The summed E-state index contributed by atoms with van der Waals surface area (Å²) in [6.45, 7) is 0.401. The van der Waals surface area contributed by atoms with Crippen molar-refractivity contribution in [2.75, 3.05) is 18.5 Å². The van der Waals surface area contributed by atoms with Crippen LogP contribution in [0.4, 0.5) is 5.82 Å². The predicted octanol–water partition coefficient (Wildman–Crippen LogP) is 1.58. The molecule has 1 heterocycles. The summed E-state index contributed by atoms with van der Waals surface area (Å²) in [7, 11) is 1.76. The van der Waals surface area contributed by atoms with E-state index in [2.05, 4.69) is 10.3 Å². The molecule has 1 aromatic heterocycles. The zero-order chi connectivity index (χ0) is 12.1. The number of carbonyl (C=O) groups excluding carboxylic acids is 1. The monoisotopic (exact) mass is 233 g/mol. The van der Waals surface area contributed by atoms with Crippen LogP contribution in [0.15, 0.2) is 24.4 Å². The molecule has 1 amide bonds. The van der Waals surface area contributed by atoms with Crippen molar-refractivity contribution in [2.24, 2.45) is 0 Å². The Labute approximate surface area is 102 Å². The summed E-state index contributed by atoms with van der Waals surface area (Å²) < 4.78 is 0. The largest absolute Gasteiger partial charge is 0.306 e. The molecule has 92 valence electrons. The van der Waals surface area contributed by atoms with Crippen molar-refractivity contribution in [3.8, 4) is 0 Å². The zero-order valence-corrected chi connectivity index (χ0v) is 10.2. The molecular formula is C13H19N3O. The molecule has 0 aromatic carbocycles. The van der Waals surface area contributed by atoms with E-state index in [0.29, 0.717) is 18.4 Å². The normalized spacial score (nSPS) is 16.1. The predicted molar refractivity (Wildman–Crippen MR) is 67.9 cm³/mol. The van der Waals surface area contributed by atoms with Crippen LogP contribution in [-0.4, -0.2) is 30.5 Å². The summed E-state index contributed by atoms with van der Waals surface area (Å²) in [6.07, 6.45) is 6.65. The van der Waals surface area contributed by atoms with Gasteiger partial charge < -0.3 is 5.32 Å². The maximum absolute atomic E-state index is 11.9. The molecule has 0 atom stereocenters. The number of nitrogens with one attached hydrogen (secondary N) is 1. The van der Waals surface area contributed by atoms with Gasteiger partial charge in [0.25, 0.3) is 0 Å². The molecule has 4 nitrogen and oxygen atoms in total. The van der Waals surface area contributed by atoms with Crippen molar-refractivity contribution >= 4 is 11.7 Å². The second kappa shape index (κ2) is 5.77. The molecule has 1 aliphatic rings. The number of pyridine rings is 1. The summed E-state index contributed by atoms with van der Waals surface area (Å²) in [4.78, 5) is 17.7. The summed E-state index contributed by atoms with van der Waals surface area (Å²) in [5.74, 6) is 0.765. The molecule has 4 heteroatoms. The Morgan fingerprint density at radius 2 is 2.24 bits per heavy atom. The fourth-order valence-corrected chi connectivity index (χ4v) is 2.16. The van der Waals surface area contributed by atoms with Crippen molar-refractivity contribution in [1.82, 2.24) is 10.3 Å². The Hall–Kier alpha value is -1.42. The molecule has 0 unspecified atom stereocenters. The molecule has 1 aromatic rings. The van der Waals surface area contributed by atoms with Gasteiger partial charge >= 0.3 is 0 Å². The summed E-state index contributed by atoms with van der Waals surface area (Å²) in [5.41, 5.74) is 0. The summed E-state index contributed by atoms with van der Waals surface area (Å²) >= 11 is 0.